The fraction of sp³-hybridized carbons (Fsp3) is 0.333. The van der Waals surface area contributed by atoms with Crippen LogP contribution in [-0.2, 0) is 4.79 Å². The van der Waals surface area contributed by atoms with Gasteiger partial charge in [0.05, 0.1) is 17.0 Å². The molecule has 0 saturated heterocycles. The molecule has 2 atom stereocenters. The molecule has 2 amide bonds. The molecule has 0 spiro atoms. The molecule has 1 aromatic heterocycles. The van der Waals surface area contributed by atoms with Crippen LogP contribution in [0.1, 0.15) is 36.2 Å². The van der Waals surface area contributed by atoms with Crippen molar-refractivity contribution in [2.45, 2.75) is 31.7 Å². The molecule has 26 heavy (non-hydrogen) atoms. The molecular formula is C18H21Cl2N3O3. The highest BCUT2D eigenvalue weighted by Gasteiger charge is 2.25. The largest absolute Gasteiger partial charge is 0.459 e. The Bertz CT molecular complexity index is 765. The second-order valence-corrected chi connectivity index (χ2v) is 6.65. The SMILES string of the molecule is Cl.NC1CCCC(C(=O)Nc2ccc(NC(=O)c3ccco3)c(Cl)c2)C1. The zero-order valence-corrected chi connectivity index (χ0v) is 15.6. The smallest absolute Gasteiger partial charge is 0.291 e. The van der Waals surface area contributed by atoms with Gasteiger partial charge in [0.2, 0.25) is 5.91 Å². The van der Waals surface area contributed by atoms with E-state index in [1.807, 2.05) is 0 Å². The molecule has 3 rings (SSSR count). The van der Waals surface area contributed by atoms with Gasteiger partial charge in [-0.15, -0.1) is 12.4 Å². The van der Waals surface area contributed by atoms with Crippen molar-refractivity contribution < 1.29 is 14.0 Å². The zero-order valence-electron chi connectivity index (χ0n) is 14.0. The highest BCUT2D eigenvalue weighted by atomic mass is 35.5. The summed E-state index contributed by atoms with van der Waals surface area (Å²) in [5.41, 5.74) is 6.97. The first-order valence-electron chi connectivity index (χ1n) is 8.24. The summed E-state index contributed by atoms with van der Waals surface area (Å²) in [6.07, 6.45) is 4.92. The highest BCUT2D eigenvalue weighted by molar-refractivity contribution is 6.34. The summed E-state index contributed by atoms with van der Waals surface area (Å²) >= 11 is 6.21. The van der Waals surface area contributed by atoms with E-state index in [0.29, 0.717) is 22.8 Å². The summed E-state index contributed by atoms with van der Waals surface area (Å²) in [4.78, 5) is 24.3. The van der Waals surface area contributed by atoms with Crippen LogP contribution in [0.15, 0.2) is 41.0 Å². The minimum absolute atomic E-state index is 0. The van der Waals surface area contributed by atoms with E-state index in [0.717, 1.165) is 19.3 Å². The van der Waals surface area contributed by atoms with Crippen molar-refractivity contribution in [1.29, 1.82) is 0 Å². The van der Waals surface area contributed by atoms with Gasteiger partial charge in [0.25, 0.3) is 5.91 Å². The summed E-state index contributed by atoms with van der Waals surface area (Å²) in [5.74, 6) is -0.304. The Hall–Kier alpha value is -2.02. The van der Waals surface area contributed by atoms with Gasteiger partial charge in [0.15, 0.2) is 5.76 Å². The summed E-state index contributed by atoms with van der Waals surface area (Å²) in [6, 6.07) is 8.24. The number of halogens is 2. The van der Waals surface area contributed by atoms with Gasteiger partial charge in [0, 0.05) is 17.6 Å². The lowest BCUT2D eigenvalue weighted by molar-refractivity contribution is -0.120. The molecule has 0 aliphatic heterocycles. The predicted molar refractivity (Wildman–Crippen MR) is 104 cm³/mol. The predicted octanol–water partition coefficient (Wildman–Crippen LogP) is 4.06. The number of nitrogens with one attached hydrogen (secondary N) is 2. The van der Waals surface area contributed by atoms with Gasteiger partial charge in [-0.3, -0.25) is 9.59 Å². The van der Waals surface area contributed by atoms with Crippen molar-refractivity contribution in [3.05, 3.63) is 47.4 Å². The van der Waals surface area contributed by atoms with Crippen LogP contribution in [0.2, 0.25) is 5.02 Å². The fourth-order valence-electron chi connectivity index (χ4n) is 3.00. The molecular weight excluding hydrogens is 377 g/mol. The van der Waals surface area contributed by atoms with E-state index in [-0.39, 0.29) is 41.9 Å². The maximum Gasteiger partial charge on any atom is 0.291 e. The topological polar surface area (TPSA) is 97.4 Å². The molecule has 1 saturated carbocycles. The molecule has 8 heteroatoms. The number of furan rings is 1. The summed E-state index contributed by atoms with van der Waals surface area (Å²) < 4.78 is 5.04. The van der Waals surface area contributed by atoms with Crippen LogP contribution in [0.4, 0.5) is 11.4 Å². The van der Waals surface area contributed by atoms with E-state index in [1.165, 1.54) is 6.26 Å². The number of hydrogen-bond acceptors (Lipinski definition) is 4. The average molecular weight is 398 g/mol. The number of carbonyl (C=O) groups is 2. The Morgan fingerprint density at radius 2 is 2.00 bits per heavy atom. The van der Waals surface area contributed by atoms with Gasteiger partial charge < -0.3 is 20.8 Å². The quantitative estimate of drug-likeness (QED) is 0.724. The molecule has 1 aliphatic rings. The van der Waals surface area contributed by atoms with Crippen molar-refractivity contribution in [2.24, 2.45) is 11.7 Å². The molecule has 6 nitrogen and oxygen atoms in total. The van der Waals surface area contributed by atoms with Gasteiger partial charge >= 0.3 is 0 Å². The monoisotopic (exact) mass is 397 g/mol. The number of amides is 2. The van der Waals surface area contributed by atoms with Crippen LogP contribution < -0.4 is 16.4 Å². The minimum Gasteiger partial charge on any atom is -0.459 e. The first kappa shape index (κ1) is 20.3. The molecule has 2 aromatic rings. The van der Waals surface area contributed by atoms with Crippen LogP contribution in [0.25, 0.3) is 0 Å². The molecule has 0 radical (unpaired) electrons. The summed E-state index contributed by atoms with van der Waals surface area (Å²) in [6.45, 7) is 0. The van der Waals surface area contributed by atoms with Gasteiger partial charge in [0.1, 0.15) is 0 Å². The van der Waals surface area contributed by atoms with Crippen molar-refractivity contribution in [1.82, 2.24) is 0 Å². The fourth-order valence-corrected chi connectivity index (χ4v) is 3.22. The van der Waals surface area contributed by atoms with Crippen LogP contribution in [0, 0.1) is 5.92 Å². The third kappa shape index (κ3) is 5.00. The number of rotatable bonds is 4. The second-order valence-electron chi connectivity index (χ2n) is 6.24. The van der Waals surface area contributed by atoms with Gasteiger partial charge in [-0.05, 0) is 49.6 Å². The minimum atomic E-state index is -0.389. The Morgan fingerprint density at radius 3 is 2.65 bits per heavy atom. The maximum atomic E-state index is 12.4. The molecule has 1 aliphatic carbocycles. The van der Waals surface area contributed by atoms with Gasteiger partial charge in [-0.25, -0.2) is 0 Å². The van der Waals surface area contributed by atoms with E-state index in [4.69, 9.17) is 21.8 Å². The first-order valence-corrected chi connectivity index (χ1v) is 8.61. The van der Waals surface area contributed by atoms with E-state index >= 15 is 0 Å². The Balaban J connectivity index is 0.00000243. The Kier molecular flexibility index (Phi) is 7.08. The van der Waals surface area contributed by atoms with Crippen molar-refractivity contribution in [3.8, 4) is 0 Å². The molecule has 1 heterocycles. The van der Waals surface area contributed by atoms with E-state index in [9.17, 15) is 9.59 Å². The number of nitrogens with two attached hydrogens (primary N) is 1. The van der Waals surface area contributed by atoms with Crippen LogP contribution in [0.5, 0.6) is 0 Å². The standard InChI is InChI=1S/C18H20ClN3O3.ClH/c19-14-10-13(21-17(23)11-3-1-4-12(20)9-11)6-7-15(14)22-18(24)16-5-2-8-25-16;/h2,5-8,10-12H,1,3-4,9,20H2,(H,21,23)(H,22,24);1H. The molecule has 0 bridgehead atoms. The third-order valence-corrected chi connectivity index (χ3v) is 4.63. The number of anilines is 2. The van der Waals surface area contributed by atoms with E-state index in [2.05, 4.69) is 10.6 Å². The molecule has 4 N–H and O–H groups in total. The Labute approximate surface area is 162 Å². The number of hydrogen-bond donors (Lipinski definition) is 3. The second kappa shape index (κ2) is 9.07. The zero-order chi connectivity index (χ0) is 17.8. The van der Waals surface area contributed by atoms with Crippen molar-refractivity contribution in [3.63, 3.8) is 0 Å². The van der Waals surface area contributed by atoms with Gasteiger partial charge in [-0.1, -0.05) is 18.0 Å². The summed E-state index contributed by atoms with van der Waals surface area (Å²) in [7, 11) is 0. The van der Waals surface area contributed by atoms with E-state index in [1.54, 1.807) is 30.3 Å². The highest BCUT2D eigenvalue weighted by Crippen LogP contribution is 2.28. The third-order valence-electron chi connectivity index (χ3n) is 4.32. The van der Waals surface area contributed by atoms with E-state index < -0.39 is 0 Å². The molecule has 2 unspecified atom stereocenters. The molecule has 1 fully saturated rings. The lowest BCUT2D eigenvalue weighted by Gasteiger charge is -2.25. The van der Waals surface area contributed by atoms with Crippen LogP contribution >= 0.6 is 24.0 Å². The summed E-state index contributed by atoms with van der Waals surface area (Å²) in [5, 5.41) is 5.87. The van der Waals surface area contributed by atoms with Crippen molar-refractivity contribution in [2.75, 3.05) is 10.6 Å². The average Bonchev–Trinajstić information content (AvgIpc) is 3.12. The van der Waals surface area contributed by atoms with Gasteiger partial charge in [-0.2, -0.15) is 0 Å². The maximum absolute atomic E-state index is 12.4. The number of benzene rings is 1. The normalized spacial score (nSPS) is 19.3. The van der Waals surface area contributed by atoms with Crippen molar-refractivity contribution >= 4 is 47.2 Å². The molecule has 140 valence electrons. The van der Waals surface area contributed by atoms with Crippen LogP contribution in [-0.4, -0.2) is 17.9 Å². The Morgan fingerprint density at radius 1 is 1.19 bits per heavy atom. The first-order chi connectivity index (χ1) is 12.0. The lowest BCUT2D eigenvalue weighted by Crippen LogP contribution is -2.34. The number of carbonyl (C=O) groups excluding carboxylic acids is 2. The molecule has 1 aromatic carbocycles. The van der Waals surface area contributed by atoms with Crippen LogP contribution in [0.3, 0.4) is 0 Å². The lowest BCUT2D eigenvalue weighted by atomic mass is 9.85.